The molecule has 10 heteroatoms. The first kappa shape index (κ1) is 21.9. The summed E-state index contributed by atoms with van der Waals surface area (Å²) in [7, 11) is -3.52. The van der Waals surface area contributed by atoms with E-state index in [2.05, 4.69) is 5.32 Å². The Balaban J connectivity index is 1.60. The first-order chi connectivity index (χ1) is 13.9. The number of ether oxygens (including phenoxy) is 2. The molecule has 1 aromatic carbocycles. The lowest BCUT2D eigenvalue weighted by atomic mass is 9.98. The maximum atomic E-state index is 12.7. The van der Waals surface area contributed by atoms with Crippen LogP contribution in [0.1, 0.15) is 19.8 Å². The highest BCUT2D eigenvalue weighted by atomic mass is 32.2. The predicted molar refractivity (Wildman–Crippen MR) is 113 cm³/mol. The third kappa shape index (κ3) is 5.44. The van der Waals surface area contributed by atoms with Crippen molar-refractivity contribution < 1.29 is 22.7 Å². The number of nitrogens with zero attached hydrogens (tertiary/aromatic N) is 2. The molecular weight excluding hydrogens is 414 g/mol. The Morgan fingerprint density at radius 2 is 1.93 bits per heavy atom. The van der Waals surface area contributed by atoms with Gasteiger partial charge in [-0.2, -0.15) is 4.31 Å². The Morgan fingerprint density at radius 3 is 2.59 bits per heavy atom. The fraction of sp³-hybridized carbons (Fsp3) is 0.579. The van der Waals surface area contributed by atoms with Gasteiger partial charge < -0.3 is 19.7 Å². The summed E-state index contributed by atoms with van der Waals surface area (Å²) in [6.45, 7) is 5.02. The molecule has 0 unspecified atom stereocenters. The zero-order valence-corrected chi connectivity index (χ0v) is 18.1. The van der Waals surface area contributed by atoms with Crippen LogP contribution >= 0.6 is 12.2 Å². The number of thiocarbonyl (C=S) groups is 1. The Bertz CT molecular complexity index is 823. The second kappa shape index (κ2) is 9.84. The third-order valence-corrected chi connectivity index (χ3v) is 7.32. The molecule has 1 atom stereocenters. The largest absolute Gasteiger partial charge is 0.466 e. The van der Waals surface area contributed by atoms with Crippen LogP contribution in [0.5, 0.6) is 0 Å². The summed E-state index contributed by atoms with van der Waals surface area (Å²) in [5, 5.41) is 3.65. The third-order valence-electron chi connectivity index (χ3n) is 5.04. The lowest BCUT2D eigenvalue weighted by molar-refractivity contribution is -0.149. The zero-order valence-electron chi connectivity index (χ0n) is 16.5. The van der Waals surface area contributed by atoms with Crippen LogP contribution in [0.3, 0.4) is 0 Å². The second-order valence-corrected chi connectivity index (χ2v) is 9.33. The van der Waals surface area contributed by atoms with Gasteiger partial charge in [0.25, 0.3) is 0 Å². The van der Waals surface area contributed by atoms with E-state index in [0.717, 1.165) is 19.4 Å². The van der Waals surface area contributed by atoms with Crippen molar-refractivity contribution in [3.63, 3.8) is 0 Å². The van der Waals surface area contributed by atoms with Crippen molar-refractivity contribution in [1.29, 1.82) is 0 Å². The fourth-order valence-electron chi connectivity index (χ4n) is 3.46. The van der Waals surface area contributed by atoms with E-state index in [1.807, 2.05) is 4.90 Å². The quantitative estimate of drug-likeness (QED) is 0.546. The van der Waals surface area contributed by atoms with Gasteiger partial charge in [-0.15, -0.1) is 0 Å². The number of sulfonamides is 1. The van der Waals surface area contributed by atoms with E-state index < -0.39 is 10.0 Å². The summed E-state index contributed by atoms with van der Waals surface area (Å²) in [5.41, 5.74) is 0.703. The highest BCUT2D eigenvalue weighted by Crippen LogP contribution is 2.22. The van der Waals surface area contributed by atoms with Gasteiger partial charge in [-0.1, -0.05) is 0 Å². The Morgan fingerprint density at radius 1 is 1.24 bits per heavy atom. The summed E-state index contributed by atoms with van der Waals surface area (Å²) in [6, 6.07) is 6.56. The average molecular weight is 442 g/mol. The topological polar surface area (TPSA) is 88.2 Å². The number of hydrogen-bond donors (Lipinski definition) is 1. The van der Waals surface area contributed by atoms with Crippen molar-refractivity contribution in [2.45, 2.75) is 24.7 Å². The number of rotatable bonds is 5. The van der Waals surface area contributed by atoms with Crippen molar-refractivity contribution in [3.05, 3.63) is 24.3 Å². The van der Waals surface area contributed by atoms with Gasteiger partial charge in [0.2, 0.25) is 10.0 Å². The molecule has 0 bridgehead atoms. The maximum absolute atomic E-state index is 12.7. The minimum atomic E-state index is -3.52. The Labute approximate surface area is 177 Å². The number of morpholine rings is 1. The number of carbonyl (C=O) groups is 1. The molecule has 29 heavy (non-hydrogen) atoms. The first-order valence-electron chi connectivity index (χ1n) is 9.82. The number of piperidine rings is 1. The van der Waals surface area contributed by atoms with Crippen LogP contribution in [-0.4, -0.2) is 74.7 Å². The van der Waals surface area contributed by atoms with Crippen LogP contribution < -0.4 is 5.32 Å². The first-order valence-corrected chi connectivity index (χ1v) is 11.7. The second-order valence-electron chi connectivity index (χ2n) is 7.01. The Hall–Kier alpha value is -1.75. The molecule has 0 aliphatic carbocycles. The van der Waals surface area contributed by atoms with Gasteiger partial charge in [0.05, 0.1) is 30.6 Å². The van der Waals surface area contributed by atoms with E-state index in [4.69, 9.17) is 21.7 Å². The van der Waals surface area contributed by atoms with Crippen molar-refractivity contribution in [2.75, 3.05) is 51.3 Å². The molecule has 8 nitrogen and oxygen atoms in total. The SMILES string of the molecule is CCOC(=O)[C@@H]1CCCN(C(=S)Nc2ccc(S(=O)(=O)N3CCOCC3)cc2)C1. The van der Waals surface area contributed by atoms with Crippen LogP contribution in [0.15, 0.2) is 29.2 Å². The summed E-state index contributed by atoms with van der Waals surface area (Å²) in [4.78, 5) is 14.2. The molecule has 0 radical (unpaired) electrons. The normalized spacial score (nSPS) is 20.9. The molecule has 0 spiro atoms. The maximum Gasteiger partial charge on any atom is 0.310 e. The zero-order chi connectivity index (χ0) is 20.9. The molecule has 0 amide bonds. The van der Waals surface area contributed by atoms with Gasteiger partial charge in [-0.3, -0.25) is 4.79 Å². The fourth-order valence-corrected chi connectivity index (χ4v) is 5.15. The number of likely N-dealkylation sites (tertiary alicyclic amines) is 1. The molecule has 3 rings (SSSR count). The predicted octanol–water partition coefficient (Wildman–Crippen LogP) is 1.68. The van der Waals surface area contributed by atoms with Gasteiger partial charge in [0.15, 0.2) is 5.11 Å². The van der Waals surface area contributed by atoms with Gasteiger partial charge in [0, 0.05) is 31.9 Å². The molecule has 2 aliphatic rings. The van der Waals surface area contributed by atoms with Gasteiger partial charge in [-0.05, 0) is 56.2 Å². The Kier molecular flexibility index (Phi) is 7.44. The van der Waals surface area contributed by atoms with Crippen LogP contribution in [0.4, 0.5) is 5.69 Å². The molecule has 2 fully saturated rings. The molecule has 2 heterocycles. The number of esters is 1. The lowest BCUT2D eigenvalue weighted by Gasteiger charge is -2.33. The van der Waals surface area contributed by atoms with E-state index in [1.54, 1.807) is 31.2 Å². The highest BCUT2D eigenvalue weighted by molar-refractivity contribution is 7.89. The highest BCUT2D eigenvalue weighted by Gasteiger charge is 2.28. The number of nitrogens with one attached hydrogen (secondary N) is 1. The molecule has 0 aromatic heterocycles. The molecule has 1 aromatic rings. The lowest BCUT2D eigenvalue weighted by Crippen LogP contribution is -2.44. The van der Waals surface area contributed by atoms with Gasteiger partial charge >= 0.3 is 5.97 Å². The molecule has 160 valence electrons. The number of anilines is 1. The average Bonchev–Trinajstić information content (AvgIpc) is 2.75. The van der Waals surface area contributed by atoms with Crippen LogP contribution in [-0.2, 0) is 24.3 Å². The van der Waals surface area contributed by atoms with Crippen molar-refractivity contribution in [2.24, 2.45) is 5.92 Å². The van der Waals surface area contributed by atoms with E-state index >= 15 is 0 Å². The van der Waals surface area contributed by atoms with Crippen molar-refractivity contribution >= 4 is 39.0 Å². The van der Waals surface area contributed by atoms with E-state index in [0.29, 0.717) is 50.3 Å². The minimum absolute atomic E-state index is 0.176. The molecule has 0 saturated carbocycles. The van der Waals surface area contributed by atoms with E-state index in [9.17, 15) is 13.2 Å². The van der Waals surface area contributed by atoms with Crippen molar-refractivity contribution in [1.82, 2.24) is 9.21 Å². The summed E-state index contributed by atoms with van der Waals surface area (Å²) < 4.78 is 37.2. The monoisotopic (exact) mass is 441 g/mol. The minimum Gasteiger partial charge on any atom is -0.466 e. The summed E-state index contributed by atoms with van der Waals surface area (Å²) in [6.07, 6.45) is 1.66. The van der Waals surface area contributed by atoms with Crippen LogP contribution in [0.25, 0.3) is 0 Å². The van der Waals surface area contributed by atoms with Gasteiger partial charge in [0.1, 0.15) is 0 Å². The standard InChI is InChI=1S/C19H27N3O5S2/c1-2-27-18(23)15-4-3-9-21(14-15)19(28)20-16-5-7-17(8-6-16)29(24,25)22-10-12-26-13-11-22/h5-8,15H,2-4,9-14H2,1H3,(H,20,28)/t15-/m1/s1. The van der Waals surface area contributed by atoms with Gasteiger partial charge in [-0.25, -0.2) is 8.42 Å². The molecule has 2 saturated heterocycles. The van der Waals surface area contributed by atoms with E-state index in [-0.39, 0.29) is 16.8 Å². The number of benzene rings is 1. The van der Waals surface area contributed by atoms with Crippen LogP contribution in [0, 0.1) is 5.92 Å². The molecule has 2 aliphatic heterocycles. The molecular formula is C19H27N3O5S2. The van der Waals surface area contributed by atoms with Crippen molar-refractivity contribution in [3.8, 4) is 0 Å². The van der Waals surface area contributed by atoms with E-state index in [1.165, 1.54) is 4.31 Å². The van der Waals surface area contributed by atoms with Crippen LogP contribution in [0.2, 0.25) is 0 Å². The molecule has 1 N–H and O–H groups in total. The summed E-state index contributed by atoms with van der Waals surface area (Å²) >= 11 is 5.49. The summed E-state index contributed by atoms with van der Waals surface area (Å²) in [5.74, 6) is -0.359. The number of hydrogen-bond acceptors (Lipinski definition) is 6. The smallest absolute Gasteiger partial charge is 0.310 e. The number of carbonyl (C=O) groups excluding carboxylic acids is 1.